The zero-order valence-corrected chi connectivity index (χ0v) is 8.51. The standard InChI is InChI=1S/C8H8BrF2NO/c1-8(10,11)5-13-7-3-2-6(9)4-12-7/h2-4H,5H2,1H3. The van der Waals surface area contributed by atoms with Crippen molar-refractivity contribution in [1.82, 2.24) is 4.98 Å². The van der Waals surface area contributed by atoms with Crippen molar-refractivity contribution in [3.05, 3.63) is 22.8 Å². The van der Waals surface area contributed by atoms with Gasteiger partial charge in [-0.3, -0.25) is 0 Å². The second-order valence-electron chi connectivity index (χ2n) is 2.67. The molecule has 0 radical (unpaired) electrons. The maximum absolute atomic E-state index is 12.3. The lowest BCUT2D eigenvalue weighted by atomic mass is 10.4. The highest BCUT2D eigenvalue weighted by Crippen LogP contribution is 2.16. The number of pyridine rings is 1. The van der Waals surface area contributed by atoms with Crippen molar-refractivity contribution in [3.8, 4) is 5.88 Å². The van der Waals surface area contributed by atoms with E-state index in [1.54, 1.807) is 6.07 Å². The minimum Gasteiger partial charge on any atom is -0.471 e. The van der Waals surface area contributed by atoms with Crippen molar-refractivity contribution in [2.45, 2.75) is 12.8 Å². The highest BCUT2D eigenvalue weighted by atomic mass is 79.9. The largest absolute Gasteiger partial charge is 0.471 e. The minimum absolute atomic E-state index is 0.199. The van der Waals surface area contributed by atoms with Gasteiger partial charge in [0.25, 0.3) is 5.92 Å². The molecule has 0 N–H and O–H groups in total. The molecule has 0 saturated carbocycles. The van der Waals surface area contributed by atoms with Gasteiger partial charge in [-0.1, -0.05) is 0 Å². The second kappa shape index (κ2) is 4.00. The normalized spacial score (nSPS) is 11.4. The zero-order chi connectivity index (χ0) is 9.90. The number of aromatic nitrogens is 1. The summed E-state index contributed by atoms with van der Waals surface area (Å²) in [7, 11) is 0. The van der Waals surface area contributed by atoms with Gasteiger partial charge in [-0.2, -0.15) is 0 Å². The first-order valence-corrected chi connectivity index (χ1v) is 4.39. The maximum Gasteiger partial charge on any atom is 0.278 e. The number of hydrogen-bond donors (Lipinski definition) is 0. The van der Waals surface area contributed by atoms with Gasteiger partial charge in [0.2, 0.25) is 5.88 Å². The van der Waals surface area contributed by atoms with Gasteiger partial charge in [-0.05, 0) is 22.0 Å². The lowest BCUT2D eigenvalue weighted by Gasteiger charge is -2.10. The Kier molecular flexibility index (Phi) is 3.19. The van der Waals surface area contributed by atoms with E-state index < -0.39 is 12.5 Å². The average molecular weight is 252 g/mol. The van der Waals surface area contributed by atoms with Crippen LogP contribution in [0.25, 0.3) is 0 Å². The van der Waals surface area contributed by atoms with Crippen molar-refractivity contribution in [3.63, 3.8) is 0 Å². The van der Waals surface area contributed by atoms with Crippen molar-refractivity contribution < 1.29 is 13.5 Å². The van der Waals surface area contributed by atoms with E-state index in [0.717, 1.165) is 11.4 Å². The van der Waals surface area contributed by atoms with Gasteiger partial charge < -0.3 is 4.74 Å². The van der Waals surface area contributed by atoms with Crippen LogP contribution in [0.15, 0.2) is 22.8 Å². The van der Waals surface area contributed by atoms with Crippen molar-refractivity contribution in [2.75, 3.05) is 6.61 Å². The van der Waals surface area contributed by atoms with Crippen LogP contribution in [0, 0.1) is 0 Å². The second-order valence-corrected chi connectivity index (χ2v) is 3.59. The smallest absolute Gasteiger partial charge is 0.278 e. The Labute approximate surface area is 83.1 Å². The van der Waals surface area contributed by atoms with E-state index in [-0.39, 0.29) is 5.88 Å². The number of ether oxygens (including phenoxy) is 1. The Morgan fingerprint density at radius 2 is 2.23 bits per heavy atom. The molecule has 1 aromatic rings. The van der Waals surface area contributed by atoms with Gasteiger partial charge in [0.15, 0.2) is 6.61 Å². The number of halogens is 3. The monoisotopic (exact) mass is 251 g/mol. The summed E-state index contributed by atoms with van der Waals surface area (Å²) in [5, 5.41) is 0. The summed E-state index contributed by atoms with van der Waals surface area (Å²) in [6.45, 7) is 0.146. The Morgan fingerprint density at radius 1 is 1.54 bits per heavy atom. The quantitative estimate of drug-likeness (QED) is 0.825. The molecule has 0 amide bonds. The predicted molar refractivity (Wildman–Crippen MR) is 48.1 cm³/mol. The van der Waals surface area contributed by atoms with Gasteiger partial charge in [0.05, 0.1) is 0 Å². The van der Waals surface area contributed by atoms with Crippen LogP contribution in [0.5, 0.6) is 5.88 Å². The molecule has 0 unspecified atom stereocenters. The SMILES string of the molecule is CC(F)(F)COc1ccc(Br)cn1. The van der Waals surface area contributed by atoms with Crippen molar-refractivity contribution in [2.24, 2.45) is 0 Å². The molecular weight excluding hydrogens is 244 g/mol. The molecule has 2 nitrogen and oxygen atoms in total. The van der Waals surface area contributed by atoms with Gasteiger partial charge >= 0.3 is 0 Å². The number of nitrogens with zero attached hydrogens (tertiary/aromatic N) is 1. The van der Waals surface area contributed by atoms with Crippen LogP contribution in [0.2, 0.25) is 0 Å². The highest BCUT2D eigenvalue weighted by molar-refractivity contribution is 9.10. The first-order valence-electron chi connectivity index (χ1n) is 3.59. The third-order valence-corrected chi connectivity index (χ3v) is 1.64. The fourth-order valence-corrected chi connectivity index (χ4v) is 0.883. The fraction of sp³-hybridized carbons (Fsp3) is 0.375. The molecule has 0 saturated heterocycles. The summed E-state index contributed by atoms with van der Waals surface area (Å²) in [6.07, 6.45) is 1.49. The molecule has 0 aliphatic heterocycles. The minimum atomic E-state index is -2.82. The number of hydrogen-bond acceptors (Lipinski definition) is 2. The van der Waals surface area contributed by atoms with E-state index in [1.807, 2.05) is 0 Å². The van der Waals surface area contributed by atoms with Crippen LogP contribution in [0.1, 0.15) is 6.92 Å². The van der Waals surface area contributed by atoms with Crippen molar-refractivity contribution >= 4 is 15.9 Å². The summed E-state index contributed by atoms with van der Waals surface area (Å²) in [6, 6.07) is 3.20. The van der Waals surface area contributed by atoms with E-state index in [9.17, 15) is 8.78 Å². The Bertz CT molecular complexity index is 270. The molecule has 13 heavy (non-hydrogen) atoms. The molecule has 72 valence electrons. The molecule has 0 aliphatic rings. The Balaban J connectivity index is 2.51. The molecule has 0 aliphatic carbocycles. The van der Waals surface area contributed by atoms with E-state index >= 15 is 0 Å². The lowest BCUT2D eigenvalue weighted by Crippen LogP contribution is -2.21. The predicted octanol–water partition coefficient (Wildman–Crippen LogP) is 2.88. The van der Waals surface area contributed by atoms with Crippen LogP contribution < -0.4 is 4.74 Å². The maximum atomic E-state index is 12.3. The number of rotatable bonds is 3. The van der Waals surface area contributed by atoms with Crippen LogP contribution in [0.4, 0.5) is 8.78 Å². The van der Waals surface area contributed by atoms with Crippen LogP contribution in [0.3, 0.4) is 0 Å². The van der Waals surface area contributed by atoms with Crippen LogP contribution >= 0.6 is 15.9 Å². The Hall–Kier alpha value is -0.710. The molecule has 1 heterocycles. The molecule has 1 aromatic heterocycles. The lowest BCUT2D eigenvalue weighted by molar-refractivity contribution is -0.0242. The third-order valence-electron chi connectivity index (χ3n) is 1.17. The molecule has 5 heteroatoms. The first kappa shape index (κ1) is 10.4. The summed E-state index contributed by atoms with van der Waals surface area (Å²) in [5.74, 6) is -2.63. The fourth-order valence-electron chi connectivity index (χ4n) is 0.648. The average Bonchev–Trinajstić information content (AvgIpc) is 2.02. The van der Waals surface area contributed by atoms with Gasteiger partial charge in [0.1, 0.15) is 0 Å². The molecule has 0 spiro atoms. The molecule has 0 fully saturated rings. The van der Waals surface area contributed by atoms with Crippen molar-refractivity contribution in [1.29, 1.82) is 0 Å². The van der Waals surface area contributed by atoms with Gasteiger partial charge in [0, 0.05) is 23.7 Å². The summed E-state index contributed by atoms with van der Waals surface area (Å²) in [4.78, 5) is 3.78. The summed E-state index contributed by atoms with van der Waals surface area (Å²) >= 11 is 3.17. The van der Waals surface area contributed by atoms with E-state index in [2.05, 4.69) is 20.9 Å². The molecule has 1 rings (SSSR count). The molecule has 0 bridgehead atoms. The van der Waals surface area contributed by atoms with Gasteiger partial charge in [-0.25, -0.2) is 13.8 Å². The highest BCUT2D eigenvalue weighted by Gasteiger charge is 2.22. The topological polar surface area (TPSA) is 22.1 Å². The van der Waals surface area contributed by atoms with E-state index in [0.29, 0.717) is 0 Å². The molecular formula is C8H8BrF2NO. The van der Waals surface area contributed by atoms with E-state index in [1.165, 1.54) is 12.3 Å². The Morgan fingerprint density at radius 3 is 2.69 bits per heavy atom. The molecule has 0 aromatic carbocycles. The third kappa shape index (κ3) is 4.17. The van der Waals surface area contributed by atoms with E-state index in [4.69, 9.17) is 4.74 Å². The van der Waals surface area contributed by atoms with Crippen LogP contribution in [-0.4, -0.2) is 17.5 Å². The number of alkyl halides is 2. The molecule has 0 atom stereocenters. The van der Waals surface area contributed by atoms with Gasteiger partial charge in [-0.15, -0.1) is 0 Å². The summed E-state index contributed by atoms with van der Waals surface area (Å²) in [5.41, 5.74) is 0. The van der Waals surface area contributed by atoms with Crippen LogP contribution in [-0.2, 0) is 0 Å². The zero-order valence-electron chi connectivity index (χ0n) is 6.93. The summed E-state index contributed by atoms with van der Waals surface area (Å²) < 4.78 is 30.2. The first-order chi connectivity index (χ1) is 5.97.